The molecule has 3 aliphatic rings. The first-order valence-electron chi connectivity index (χ1n) is 12.5. The molecule has 0 unspecified atom stereocenters. The van der Waals surface area contributed by atoms with Gasteiger partial charge in [0.05, 0.1) is 4.90 Å². The van der Waals surface area contributed by atoms with Gasteiger partial charge in [0.25, 0.3) is 0 Å². The number of anilines is 1. The number of benzene rings is 2. The van der Waals surface area contributed by atoms with Crippen LogP contribution in [0.3, 0.4) is 0 Å². The second-order valence-corrected chi connectivity index (χ2v) is 13.0. The van der Waals surface area contributed by atoms with Crippen LogP contribution in [-0.2, 0) is 16.4 Å². The van der Waals surface area contributed by atoms with Gasteiger partial charge in [0, 0.05) is 62.8 Å². The Morgan fingerprint density at radius 3 is 2.14 bits per heavy atom. The van der Waals surface area contributed by atoms with Crippen molar-refractivity contribution < 1.29 is 13.2 Å². The topological polar surface area (TPSA) is 73.0 Å². The van der Waals surface area contributed by atoms with Gasteiger partial charge >= 0.3 is 6.03 Å². The first-order valence-corrected chi connectivity index (χ1v) is 14.4. The molecule has 0 radical (unpaired) electrons. The van der Waals surface area contributed by atoms with Gasteiger partial charge in [-0.25, -0.2) is 13.2 Å². The Labute approximate surface area is 209 Å². The highest BCUT2D eigenvalue weighted by Gasteiger charge is 2.52. The lowest BCUT2D eigenvalue weighted by Crippen LogP contribution is -2.68. The first kappa shape index (κ1) is 24.1. The van der Waals surface area contributed by atoms with Gasteiger partial charge in [0.15, 0.2) is 9.84 Å². The molecular weight excluding hydrogens is 460 g/mol. The van der Waals surface area contributed by atoms with Gasteiger partial charge in [-0.3, -0.25) is 4.90 Å². The number of rotatable bonds is 5. The van der Waals surface area contributed by atoms with Crippen molar-refractivity contribution in [3.05, 3.63) is 60.2 Å². The first-order chi connectivity index (χ1) is 16.6. The maximum atomic E-state index is 13.2. The van der Waals surface area contributed by atoms with Crippen molar-refractivity contribution in [1.29, 1.82) is 0 Å². The highest BCUT2D eigenvalue weighted by Crippen LogP contribution is 2.48. The molecular formula is C27H36N4O3S. The van der Waals surface area contributed by atoms with Crippen LogP contribution in [0.1, 0.15) is 32.3 Å². The van der Waals surface area contributed by atoms with Crippen molar-refractivity contribution in [1.82, 2.24) is 15.1 Å². The number of urea groups is 1. The van der Waals surface area contributed by atoms with Gasteiger partial charge in [-0.15, -0.1) is 0 Å². The number of sulfone groups is 1. The van der Waals surface area contributed by atoms with Crippen molar-refractivity contribution in [2.75, 3.05) is 37.3 Å². The average Bonchev–Trinajstić information content (AvgIpc) is 2.76. The van der Waals surface area contributed by atoms with E-state index in [9.17, 15) is 13.2 Å². The van der Waals surface area contributed by atoms with Gasteiger partial charge in [0.2, 0.25) is 0 Å². The lowest BCUT2D eigenvalue weighted by molar-refractivity contribution is -0.0812. The van der Waals surface area contributed by atoms with Crippen LogP contribution < -0.4 is 10.2 Å². The molecule has 2 atom stereocenters. The molecule has 2 saturated heterocycles. The van der Waals surface area contributed by atoms with Crippen molar-refractivity contribution in [3.63, 3.8) is 0 Å². The maximum absolute atomic E-state index is 13.2. The Morgan fingerprint density at radius 2 is 1.57 bits per heavy atom. The number of nitrogens with one attached hydrogen (secondary N) is 1. The number of nitrogens with zero attached hydrogens (tertiary/aromatic N) is 3. The van der Waals surface area contributed by atoms with E-state index in [0.717, 1.165) is 51.3 Å². The smallest absolute Gasteiger partial charge is 0.318 e. The predicted octanol–water partition coefficient (Wildman–Crippen LogP) is 3.36. The van der Waals surface area contributed by atoms with Crippen LogP contribution >= 0.6 is 0 Å². The Morgan fingerprint density at radius 1 is 0.971 bits per heavy atom. The molecule has 3 fully saturated rings. The molecule has 2 aromatic rings. The molecule has 1 aliphatic carbocycles. The Bertz CT molecular complexity index is 1140. The summed E-state index contributed by atoms with van der Waals surface area (Å²) in [4.78, 5) is 20.2. The molecule has 7 nitrogen and oxygen atoms in total. The summed E-state index contributed by atoms with van der Waals surface area (Å²) in [6.45, 7) is 8.87. The van der Waals surface area contributed by atoms with Crippen LogP contribution in [0.5, 0.6) is 0 Å². The molecule has 8 heteroatoms. The highest BCUT2D eigenvalue weighted by molar-refractivity contribution is 7.90. The van der Waals surface area contributed by atoms with Crippen LogP contribution in [0.25, 0.3) is 0 Å². The molecule has 1 N–H and O–H groups in total. The SMILES string of the molecule is C[C@@H]1CN(c2ccc(S(C)(=O)=O)cc2)C[C@H](C)N1C(=O)NC1CC2(C1)CN(Cc1ccccc1)C2. The number of hydrogen-bond acceptors (Lipinski definition) is 5. The summed E-state index contributed by atoms with van der Waals surface area (Å²) >= 11 is 0. The molecule has 5 rings (SSSR count). The second-order valence-electron chi connectivity index (χ2n) is 11.0. The minimum atomic E-state index is -3.21. The van der Waals surface area contributed by atoms with E-state index in [4.69, 9.17) is 0 Å². The summed E-state index contributed by atoms with van der Waals surface area (Å²) in [5.74, 6) is 0. The zero-order chi connectivity index (χ0) is 24.8. The van der Waals surface area contributed by atoms with E-state index in [-0.39, 0.29) is 24.2 Å². The molecule has 0 aromatic heterocycles. The lowest BCUT2D eigenvalue weighted by atomic mass is 9.60. The van der Waals surface area contributed by atoms with Gasteiger partial charge < -0.3 is 15.1 Å². The monoisotopic (exact) mass is 496 g/mol. The van der Waals surface area contributed by atoms with Gasteiger partial charge in [-0.1, -0.05) is 30.3 Å². The lowest BCUT2D eigenvalue weighted by Gasteiger charge is -2.59. The molecule has 2 heterocycles. The Balaban J connectivity index is 1.10. The third-order valence-electron chi connectivity index (χ3n) is 7.84. The third kappa shape index (κ3) is 5.05. The van der Waals surface area contributed by atoms with Gasteiger partial charge in [-0.2, -0.15) is 0 Å². The summed E-state index contributed by atoms with van der Waals surface area (Å²) in [6, 6.07) is 18.1. The largest absolute Gasteiger partial charge is 0.367 e. The molecule has 2 aliphatic heterocycles. The molecule has 2 amide bonds. The summed E-state index contributed by atoms with van der Waals surface area (Å²) in [7, 11) is -3.21. The normalized spacial score (nSPS) is 24.7. The van der Waals surface area contributed by atoms with Crippen LogP contribution in [0.15, 0.2) is 59.5 Å². The number of carbonyl (C=O) groups is 1. The van der Waals surface area contributed by atoms with E-state index in [0.29, 0.717) is 10.3 Å². The van der Waals surface area contributed by atoms with Crippen LogP contribution in [0, 0.1) is 5.41 Å². The van der Waals surface area contributed by atoms with Crippen LogP contribution in [0.4, 0.5) is 10.5 Å². The van der Waals surface area contributed by atoms with Crippen molar-refractivity contribution in [2.45, 2.75) is 56.3 Å². The second kappa shape index (κ2) is 9.13. The summed E-state index contributed by atoms with van der Waals surface area (Å²) in [5.41, 5.74) is 2.74. The number of likely N-dealkylation sites (tertiary alicyclic amines) is 1. The standard InChI is InChI=1S/C27H36N4O3S/c1-20-15-30(24-9-11-25(12-10-24)35(3,33)34)16-21(2)31(20)26(32)28-23-13-27(14-23)18-29(19-27)17-22-7-5-4-6-8-22/h4-12,20-21,23H,13-19H2,1-3H3,(H,28,32)/t20-,21+. The fourth-order valence-corrected chi connectivity index (χ4v) is 6.92. The van der Waals surface area contributed by atoms with E-state index < -0.39 is 9.84 Å². The maximum Gasteiger partial charge on any atom is 0.318 e. The quantitative estimate of drug-likeness (QED) is 0.687. The highest BCUT2D eigenvalue weighted by atomic mass is 32.2. The van der Waals surface area contributed by atoms with Crippen molar-refractivity contribution >= 4 is 21.6 Å². The molecule has 2 aromatic carbocycles. The van der Waals surface area contributed by atoms with Crippen LogP contribution in [0.2, 0.25) is 0 Å². The zero-order valence-electron chi connectivity index (χ0n) is 20.9. The Hall–Kier alpha value is -2.58. The van der Waals surface area contributed by atoms with E-state index in [1.807, 2.05) is 17.0 Å². The van der Waals surface area contributed by atoms with E-state index in [1.54, 1.807) is 12.1 Å². The molecule has 188 valence electrons. The fraction of sp³-hybridized carbons (Fsp3) is 0.519. The Kier molecular flexibility index (Phi) is 6.30. The predicted molar refractivity (Wildman–Crippen MR) is 138 cm³/mol. The van der Waals surface area contributed by atoms with E-state index in [2.05, 4.69) is 59.3 Å². The molecule has 1 saturated carbocycles. The van der Waals surface area contributed by atoms with E-state index >= 15 is 0 Å². The van der Waals surface area contributed by atoms with Crippen molar-refractivity contribution in [2.24, 2.45) is 5.41 Å². The average molecular weight is 497 g/mol. The number of carbonyl (C=O) groups excluding carboxylic acids is 1. The van der Waals surface area contributed by atoms with Crippen molar-refractivity contribution in [3.8, 4) is 0 Å². The number of amides is 2. The van der Waals surface area contributed by atoms with Gasteiger partial charge in [-0.05, 0) is 61.9 Å². The summed E-state index contributed by atoms with van der Waals surface area (Å²) < 4.78 is 23.5. The van der Waals surface area contributed by atoms with Gasteiger partial charge in [0.1, 0.15) is 0 Å². The fourth-order valence-electron chi connectivity index (χ4n) is 6.29. The summed E-state index contributed by atoms with van der Waals surface area (Å²) in [5, 5.41) is 3.30. The number of hydrogen-bond donors (Lipinski definition) is 1. The minimum Gasteiger partial charge on any atom is -0.367 e. The van der Waals surface area contributed by atoms with E-state index in [1.165, 1.54) is 11.8 Å². The molecule has 35 heavy (non-hydrogen) atoms. The molecule has 0 bridgehead atoms. The third-order valence-corrected chi connectivity index (χ3v) is 8.97. The zero-order valence-corrected chi connectivity index (χ0v) is 21.7. The molecule has 1 spiro atoms. The number of piperazine rings is 1. The van der Waals surface area contributed by atoms with Crippen LogP contribution in [-0.4, -0.2) is 74.8 Å². The minimum absolute atomic E-state index is 0.0392. The summed E-state index contributed by atoms with van der Waals surface area (Å²) in [6.07, 6.45) is 3.36.